The zero-order valence-corrected chi connectivity index (χ0v) is 18.2. The molecule has 0 bridgehead atoms. The number of hydrogen-bond acceptors (Lipinski definition) is 5. The third-order valence-electron chi connectivity index (χ3n) is 7.72. The molecule has 1 N–H and O–H groups in total. The lowest BCUT2D eigenvalue weighted by molar-refractivity contribution is -0.0236. The molecule has 0 radical (unpaired) electrons. The molecule has 30 heavy (non-hydrogen) atoms. The second-order valence-electron chi connectivity index (χ2n) is 9.73. The van der Waals surface area contributed by atoms with Crippen molar-refractivity contribution in [2.24, 2.45) is 11.8 Å². The van der Waals surface area contributed by atoms with Crippen molar-refractivity contribution in [1.29, 1.82) is 0 Å². The minimum absolute atomic E-state index is 0.104. The number of para-hydroxylation sites is 1. The fourth-order valence-corrected chi connectivity index (χ4v) is 6.02. The molecule has 1 saturated heterocycles. The van der Waals surface area contributed by atoms with Crippen molar-refractivity contribution >= 4 is 0 Å². The number of fused-ring (bicyclic) bond motifs is 1. The summed E-state index contributed by atoms with van der Waals surface area (Å²) >= 11 is 0. The summed E-state index contributed by atoms with van der Waals surface area (Å²) in [6, 6.07) is 8.51. The number of aliphatic hydroxyl groups is 1. The highest BCUT2D eigenvalue weighted by Gasteiger charge is 2.43. The second kappa shape index (κ2) is 8.35. The molecule has 1 aromatic carbocycles. The van der Waals surface area contributed by atoms with Crippen LogP contribution in [0.15, 0.2) is 28.8 Å². The molecule has 2 aliphatic carbocycles. The Morgan fingerprint density at radius 3 is 2.57 bits per heavy atom. The van der Waals surface area contributed by atoms with E-state index in [0.29, 0.717) is 17.8 Å². The van der Waals surface area contributed by atoms with E-state index < -0.39 is 0 Å². The molecule has 1 aromatic heterocycles. The monoisotopic (exact) mass is 410 g/mol. The Morgan fingerprint density at radius 2 is 1.83 bits per heavy atom. The number of aromatic nitrogens is 1. The molecular formula is C25H34N2O3. The lowest BCUT2D eigenvalue weighted by Gasteiger charge is -2.36. The van der Waals surface area contributed by atoms with Crippen molar-refractivity contribution < 1.29 is 14.4 Å². The van der Waals surface area contributed by atoms with Crippen molar-refractivity contribution in [3.05, 3.63) is 46.8 Å². The maximum absolute atomic E-state index is 10.9. The predicted molar refractivity (Wildman–Crippen MR) is 116 cm³/mol. The number of rotatable bonds is 5. The fraction of sp³-hybridized carbons (Fsp3) is 0.640. The lowest BCUT2D eigenvalue weighted by atomic mass is 9.78. The van der Waals surface area contributed by atoms with E-state index in [4.69, 9.17) is 9.26 Å². The Labute approximate surface area is 179 Å². The molecular weight excluding hydrogens is 376 g/mol. The molecule has 1 aliphatic heterocycles. The van der Waals surface area contributed by atoms with Gasteiger partial charge in [-0.25, -0.2) is 0 Å². The van der Waals surface area contributed by atoms with Crippen LogP contribution in [0, 0.1) is 25.7 Å². The molecule has 5 rings (SSSR count). The summed E-state index contributed by atoms with van der Waals surface area (Å²) in [6.45, 7) is 7.00. The van der Waals surface area contributed by atoms with Crippen LogP contribution in [-0.4, -0.2) is 40.5 Å². The van der Waals surface area contributed by atoms with Crippen molar-refractivity contribution in [3.8, 4) is 5.75 Å². The number of benzene rings is 1. The number of ether oxygens (including phenoxy) is 1. The quantitative estimate of drug-likeness (QED) is 0.781. The highest BCUT2D eigenvalue weighted by Crippen LogP contribution is 2.42. The third kappa shape index (κ3) is 3.90. The SMILES string of the molecule is Cc1noc(C)c1CN1C[C@H]2C[C@@H](Oc3ccccc3C3CCCC3)[C@H](O)C[C@H]2C1. The van der Waals surface area contributed by atoms with Gasteiger partial charge in [-0.05, 0) is 68.9 Å². The molecule has 5 nitrogen and oxygen atoms in total. The average molecular weight is 411 g/mol. The van der Waals surface area contributed by atoms with Gasteiger partial charge < -0.3 is 14.4 Å². The smallest absolute Gasteiger partial charge is 0.138 e. The van der Waals surface area contributed by atoms with Crippen molar-refractivity contribution in [2.45, 2.75) is 77.0 Å². The second-order valence-corrected chi connectivity index (χ2v) is 9.73. The van der Waals surface area contributed by atoms with Gasteiger partial charge in [-0.15, -0.1) is 0 Å². The molecule has 3 fully saturated rings. The van der Waals surface area contributed by atoms with Gasteiger partial charge in [-0.2, -0.15) is 0 Å². The highest BCUT2D eigenvalue weighted by atomic mass is 16.5. The van der Waals surface area contributed by atoms with Gasteiger partial charge in [0.15, 0.2) is 0 Å². The van der Waals surface area contributed by atoms with Crippen LogP contribution in [0.25, 0.3) is 0 Å². The van der Waals surface area contributed by atoms with Gasteiger partial charge in [0.25, 0.3) is 0 Å². The van der Waals surface area contributed by atoms with Crippen molar-refractivity contribution in [3.63, 3.8) is 0 Å². The standard InChI is InChI=1S/C25H34N2O3/c1-16-22(17(2)30-26-16)15-27-13-19-11-23(28)25(12-20(19)14-27)29-24-10-6-5-9-21(24)18-7-3-4-8-18/h5-6,9-10,18-20,23,25,28H,3-4,7-8,11-15H2,1-2H3/t19-,20+,23+,25+/m0/s1. The molecule has 0 amide bonds. The van der Waals surface area contributed by atoms with E-state index in [1.54, 1.807) is 0 Å². The number of likely N-dealkylation sites (tertiary alicyclic amines) is 1. The number of nitrogens with zero attached hydrogens (tertiary/aromatic N) is 2. The molecule has 0 unspecified atom stereocenters. The van der Waals surface area contributed by atoms with E-state index in [9.17, 15) is 5.11 Å². The minimum atomic E-state index is -0.387. The van der Waals surface area contributed by atoms with Gasteiger partial charge in [0, 0.05) is 25.2 Å². The van der Waals surface area contributed by atoms with Gasteiger partial charge in [0.1, 0.15) is 17.6 Å². The van der Waals surface area contributed by atoms with Gasteiger partial charge >= 0.3 is 0 Å². The number of aliphatic hydroxyl groups excluding tert-OH is 1. The zero-order chi connectivity index (χ0) is 20.7. The van der Waals surface area contributed by atoms with Crippen molar-refractivity contribution in [2.75, 3.05) is 13.1 Å². The van der Waals surface area contributed by atoms with Crippen molar-refractivity contribution in [1.82, 2.24) is 10.1 Å². The zero-order valence-electron chi connectivity index (χ0n) is 18.2. The maximum Gasteiger partial charge on any atom is 0.138 e. The van der Waals surface area contributed by atoms with Crippen LogP contribution in [0.3, 0.4) is 0 Å². The summed E-state index contributed by atoms with van der Waals surface area (Å²) in [6.07, 6.45) is 6.42. The first-order valence-electron chi connectivity index (χ1n) is 11.7. The maximum atomic E-state index is 10.9. The summed E-state index contributed by atoms with van der Waals surface area (Å²) in [5.41, 5.74) is 3.55. The van der Waals surface area contributed by atoms with Gasteiger partial charge in [0.05, 0.1) is 11.8 Å². The molecule has 2 aromatic rings. The first-order chi connectivity index (χ1) is 14.6. The minimum Gasteiger partial charge on any atom is -0.487 e. The fourth-order valence-electron chi connectivity index (χ4n) is 6.02. The Morgan fingerprint density at radius 1 is 1.10 bits per heavy atom. The van der Waals surface area contributed by atoms with Crippen LogP contribution in [0.4, 0.5) is 0 Å². The number of aryl methyl sites for hydroxylation is 2. The molecule has 2 saturated carbocycles. The molecule has 3 aliphatic rings. The van der Waals surface area contributed by atoms with Crippen LogP contribution >= 0.6 is 0 Å². The van der Waals surface area contributed by atoms with Gasteiger partial charge in [-0.1, -0.05) is 36.2 Å². The van der Waals surface area contributed by atoms with Crippen LogP contribution in [0.5, 0.6) is 5.75 Å². The molecule has 0 spiro atoms. The largest absolute Gasteiger partial charge is 0.487 e. The third-order valence-corrected chi connectivity index (χ3v) is 7.72. The van der Waals surface area contributed by atoms with E-state index in [1.165, 1.54) is 36.8 Å². The Bertz CT molecular complexity index is 854. The van der Waals surface area contributed by atoms with E-state index in [-0.39, 0.29) is 12.2 Å². The summed E-state index contributed by atoms with van der Waals surface area (Å²) in [7, 11) is 0. The van der Waals surface area contributed by atoms with Crippen LogP contribution < -0.4 is 4.74 Å². The van der Waals surface area contributed by atoms with Crippen LogP contribution in [0.2, 0.25) is 0 Å². The molecule has 2 heterocycles. The van der Waals surface area contributed by atoms with Gasteiger partial charge in [-0.3, -0.25) is 4.90 Å². The summed E-state index contributed by atoms with van der Waals surface area (Å²) < 4.78 is 11.8. The normalized spacial score (nSPS) is 30.0. The Kier molecular flexibility index (Phi) is 5.59. The average Bonchev–Trinajstić information content (AvgIpc) is 3.46. The Balaban J connectivity index is 1.25. The van der Waals surface area contributed by atoms with E-state index in [1.807, 2.05) is 13.8 Å². The predicted octanol–water partition coefficient (Wildman–Crippen LogP) is 4.60. The molecule has 162 valence electrons. The van der Waals surface area contributed by atoms with E-state index >= 15 is 0 Å². The van der Waals surface area contributed by atoms with E-state index in [2.05, 4.69) is 34.3 Å². The van der Waals surface area contributed by atoms with Crippen LogP contribution in [-0.2, 0) is 6.54 Å². The molecule has 5 heteroatoms. The highest BCUT2D eigenvalue weighted by molar-refractivity contribution is 5.37. The number of hydrogen-bond donors (Lipinski definition) is 1. The summed E-state index contributed by atoms with van der Waals surface area (Å²) in [5.74, 6) is 3.67. The Hall–Kier alpha value is -1.85. The van der Waals surface area contributed by atoms with Crippen LogP contribution in [0.1, 0.15) is 67.0 Å². The topological polar surface area (TPSA) is 58.7 Å². The summed E-state index contributed by atoms with van der Waals surface area (Å²) in [5, 5.41) is 15.0. The van der Waals surface area contributed by atoms with E-state index in [0.717, 1.165) is 49.7 Å². The summed E-state index contributed by atoms with van der Waals surface area (Å²) in [4.78, 5) is 2.50. The first-order valence-corrected chi connectivity index (χ1v) is 11.7. The first kappa shape index (κ1) is 20.1. The molecule has 4 atom stereocenters. The lowest BCUT2D eigenvalue weighted by Crippen LogP contribution is -2.42. The van der Waals surface area contributed by atoms with Gasteiger partial charge in [0.2, 0.25) is 0 Å².